The summed E-state index contributed by atoms with van der Waals surface area (Å²) in [6.07, 6.45) is 1.32. The van der Waals surface area contributed by atoms with E-state index >= 15 is 0 Å². The Morgan fingerprint density at radius 3 is 2.81 bits per heavy atom. The fourth-order valence-corrected chi connectivity index (χ4v) is 2.90. The number of piperidine rings is 1. The zero-order valence-corrected chi connectivity index (χ0v) is 10.1. The molecule has 1 saturated heterocycles. The van der Waals surface area contributed by atoms with Crippen molar-refractivity contribution in [2.75, 3.05) is 13.1 Å². The minimum Gasteiger partial charge on any atom is -0.393 e. The van der Waals surface area contributed by atoms with Crippen LogP contribution in [0.3, 0.4) is 0 Å². The lowest BCUT2D eigenvalue weighted by Crippen LogP contribution is -2.38. The third-order valence-electron chi connectivity index (χ3n) is 3.02. The molecule has 1 atom stereocenters. The highest BCUT2D eigenvalue weighted by Gasteiger charge is 2.27. The number of thiazole rings is 1. The number of likely N-dealkylation sites (tertiary alicyclic amines) is 1. The van der Waals surface area contributed by atoms with E-state index < -0.39 is 0 Å². The third-order valence-corrected chi connectivity index (χ3v) is 4.00. The first-order valence-electron chi connectivity index (χ1n) is 5.44. The first-order valence-corrected chi connectivity index (χ1v) is 6.32. The molecular weight excluding hydrogens is 222 g/mol. The van der Waals surface area contributed by atoms with Gasteiger partial charge in [-0.15, -0.1) is 11.3 Å². The molecule has 0 saturated carbocycles. The topological polar surface area (TPSA) is 60.2 Å². The van der Waals surface area contributed by atoms with Crippen LogP contribution in [-0.2, 0) is 0 Å². The Kier molecular flexibility index (Phi) is 3.54. The molecule has 0 aliphatic carbocycles. The normalized spacial score (nSPS) is 20.6. The smallest absolute Gasteiger partial charge is 0.134 e. The Morgan fingerprint density at radius 1 is 1.62 bits per heavy atom. The molecule has 1 unspecified atom stereocenters. The number of nitriles is 1. The molecule has 16 heavy (non-hydrogen) atoms. The van der Waals surface area contributed by atoms with Crippen LogP contribution < -0.4 is 0 Å². The van der Waals surface area contributed by atoms with Gasteiger partial charge in [-0.1, -0.05) is 0 Å². The number of nitrogens with zero attached hydrogens (tertiary/aromatic N) is 3. The van der Waals surface area contributed by atoms with E-state index in [-0.39, 0.29) is 12.1 Å². The van der Waals surface area contributed by atoms with Gasteiger partial charge in [-0.3, -0.25) is 4.90 Å². The number of aliphatic hydroxyl groups is 1. The SMILES string of the molecule is Cc1ncsc1C(C#N)N1CCC(O)CC1. The Labute approximate surface area is 99.2 Å². The molecule has 1 aromatic rings. The highest BCUT2D eigenvalue weighted by atomic mass is 32.1. The molecule has 1 fully saturated rings. The zero-order chi connectivity index (χ0) is 11.5. The van der Waals surface area contributed by atoms with Crippen molar-refractivity contribution < 1.29 is 5.11 Å². The molecule has 0 spiro atoms. The molecular formula is C11H15N3OS. The van der Waals surface area contributed by atoms with E-state index in [1.807, 2.05) is 6.92 Å². The van der Waals surface area contributed by atoms with Crippen LogP contribution in [0, 0.1) is 18.3 Å². The average Bonchev–Trinajstić information content (AvgIpc) is 2.69. The van der Waals surface area contributed by atoms with Crippen LogP contribution in [0.4, 0.5) is 0 Å². The van der Waals surface area contributed by atoms with Gasteiger partial charge in [0, 0.05) is 13.1 Å². The number of aromatic nitrogens is 1. The molecule has 1 aliphatic heterocycles. The van der Waals surface area contributed by atoms with Gasteiger partial charge in [-0.2, -0.15) is 5.26 Å². The molecule has 0 radical (unpaired) electrons. The maximum atomic E-state index is 9.45. The number of hydrogen-bond acceptors (Lipinski definition) is 5. The maximum Gasteiger partial charge on any atom is 0.134 e. The van der Waals surface area contributed by atoms with Gasteiger partial charge in [-0.05, 0) is 19.8 Å². The van der Waals surface area contributed by atoms with E-state index in [1.165, 1.54) is 11.3 Å². The molecule has 0 amide bonds. The van der Waals surface area contributed by atoms with Gasteiger partial charge in [0.1, 0.15) is 6.04 Å². The molecule has 4 nitrogen and oxygen atoms in total. The van der Waals surface area contributed by atoms with E-state index in [9.17, 15) is 10.4 Å². The van der Waals surface area contributed by atoms with Crippen LogP contribution in [0.25, 0.3) is 0 Å². The van der Waals surface area contributed by atoms with Crippen molar-refractivity contribution >= 4 is 11.3 Å². The lowest BCUT2D eigenvalue weighted by molar-refractivity contribution is 0.0721. The number of hydrogen-bond donors (Lipinski definition) is 1. The highest BCUT2D eigenvalue weighted by Crippen LogP contribution is 2.28. The van der Waals surface area contributed by atoms with Crippen LogP contribution >= 0.6 is 11.3 Å². The van der Waals surface area contributed by atoms with Crippen molar-refractivity contribution in [1.29, 1.82) is 5.26 Å². The molecule has 5 heteroatoms. The van der Waals surface area contributed by atoms with Crippen LogP contribution in [0.1, 0.15) is 29.5 Å². The molecule has 1 N–H and O–H groups in total. The molecule has 1 aromatic heterocycles. The quantitative estimate of drug-likeness (QED) is 0.846. The summed E-state index contributed by atoms with van der Waals surface area (Å²) in [6.45, 7) is 3.52. The summed E-state index contributed by atoms with van der Waals surface area (Å²) in [6, 6.07) is 2.15. The minimum atomic E-state index is -0.196. The summed E-state index contributed by atoms with van der Waals surface area (Å²) in [4.78, 5) is 7.36. The predicted molar refractivity (Wildman–Crippen MR) is 62.0 cm³/mol. The summed E-state index contributed by atoms with van der Waals surface area (Å²) < 4.78 is 0. The molecule has 2 rings (SSSR count). The van der Waals surface area contributed by atoms with Crippen molar-refractivity contribution in [3.63, 3.8) is 0 Å². The Hall–Kier alpha value is -0.960. The van der Waals surface area contributed by atoms with E-state index in [1.54, 1.807) is 5.51 Å². The summed E-state index contributed by atoms with van der Waals surface area (Å²) in [5, 5.41) is 18.7. The summed E-state index contributed by atoms with van der Waals surface area (Å²) in [5.74, 6) is 0. The summed E-state index contributed by atoms with van der Waals surface area (Å²) >= 11 is 1.54. The second kappa shape index (κ2) is 4.91. The Balaban J connectivity index is 2.12. The molecule has 0 aromatic carbocycles. The number of rotatable bonds is 2. The maximum absolute atomic E-state index is 9.45. The van der Waals surface area contributed by atoms with E-state index in [0.717, 1.165) is 36.5 Å². The van der Waals surface area contributed by atoms with Crippen LogP contribution in [0.2, 0.25) is 0 Å². The van der Waals surface area contributed by atoms with Crippen LogP contribution in [0.15, 0.2) is 5.51 Å². The Morgan fingerprint density at radius 2 is 2.31 bits per heavy atom. The van der Waals surface area contributed by atoms with Gasteiger partial charge in [0.05, 0.1) is 28.3 Å². The second-order valence-electron chi connectivity index (χ2n) is 4.10. The van der Waals surface area contributed by atoms with Gasteiger partial charge < -0.3 is 5.11 Å². The van der Waals surface area contributed by atoms with Crippen LogP contribution in [0.5, 0.6) is 0 Å². The monoisotopic (exact) mass is 237 g/mol. The van der Waals surface area contributed by atoms with Gasteiger partial charge in [0.25, 0.3) is 0 Å². The van der Waals surface area contributed by atoms with Crippen molar-refractivity contribution in [3.05, 3.63) is 16.1 Å². The van der Waals surface area contributed by atoms with Crippen molar-refractivity contribution in [3.8, 4) is 6.07 Å². The summed E-state index contributed by atoms with van der Waals surface area (Å²) in [5.41, 5.74) is 2.73. The zero-order valence-electron chi connectivity index (χ0n) is 9.26. The Bertz CT molecular complexity index is 390. The van der Waals surface area contributed by atoms with Gasteiger partial charge >= 0.3 is 0 Å². The standard InChI is InChI=1S/C11H15N3OS/c1-8-11(16-7-13-8)10(6-12)14-4-2-9(15)3-5-14/h7,9-10,15H,2-5H2,1H3. The lowest BCUT2D eigenvalue weighted by atomic mass is 10.1. The third kappa shape index (κ3) is 2.24. The predicted octanol–water partition coefficient (Wildman–Crippen LogP) is 1.47. The average molecular weight is 237 g/mol. The van der Waals surface area contributed by atoms with E-state index in [2.05, 4.69) is 16.0 Å². The highest BCUT2D eigenvalue weighted by molar-refractivity contribution is 7.09. The van der Waals surface area contributed by atoms with E-state index in [0.29, 0.717) is 0 Å². The van der Waals surface area contributed by atoms with Crippen LogP contribution in [-0.4, -0.2) is 34.2 Å². The molecule has 1 aliphatic rings. The van der Waals surface area contributed by atoms with Gasteiger partial charge in [0.15, 0.2) is 0 Å². The fraction of sp³-hybridized carbons (Fsp3) is 0.636. The first-order chi connectivity index (χ1) is 7.72. The molecule has 0 bridgehead atoms. The van der Waals surface area contributed by atoms with Gasteiger partial charge in [0.2, 0.25) is 0 Å². The first kappa shape index (κ1) is 11.5. The molecule has 86 valence electrons. The van der Waals surface area contributed by atoms with Crippen molar-refractivity contribution in [2.45, 2.75) is 31.9 Å². The fourth-order valence-electron chi connectivity index (χ4n) is 2.02. The number of aryl methyl sites for hydroxylation is 1. The lowest BCUT2D eigenvalue weighted by Gasteiger charge is -2.32. The van der Waals surface area contributed by atoms with E-state index in [4.69, 9.17) is 0 Å². The van der Waals surface area contributed by atoms with Crippen molar-refractivity contribution in [2.24, 2.45) is 0 Å². The minimum absolute atomic E-state index is 0.194. The molecule has 2 heterocycles. The van der Waals surface area contributed by atoms with Crippen molar-refractivity contribution in [1.82, 2.24) is 9.88 Å². The summed E-state index contributed by atoms with van der Waals surface area (Å²) in [7, 11) is 0. The number of aliphatic hydroxyl groups excluding tert-OH is 1. The largest absolute Gasteiger partial charge is 0.393 e. The second-order valence-corrected chi connectivity index (χ2v) is 4.99. The van der Waals surface area contributed by atoms with Gasteiger partial charge in [-0.25, -0.2) is 4.98 Å².